The quantitative estimate of drug-likeness (QED) is 0.104. The third-order valence-corrected chi connectivity index (χ3v) is 11.8. The van der Waals surface area contributed by atoms with Crippen LogP contribution in [0.1, 0.15) is 53.6 Å². The molecule has 0 spiro atoms. The molecule has 2 saturated heterocycles. The zero-order valence-corrected chi connectivity index (χ0v) is 36.1. The van der Waals surface area contributed by atoms with Crippen LogP contribution in [0.5, 0.6) is 11.5 Å². The number of ketones is 1. The van der Waals surface area contributed by atoms with Gasteiger partial charge in [0.2, 0.25) is 0 Å². The van der Waals surface area contributed by atoms with Crippen LogP contribution in [-0.4, -0.2) is 71.9 Å². The van der Waals surface area contributed by atoms with Gasteiger partial charge in [-0.15, -0.1) is 0 Å². The molecule has 2 aliphatic heterocycles. The summed E-state index contributed by atoms with van der Waals surface area (Å²) in [5.41, 5.74) is 1.40. The van der Waals surface area contributed by atoms with Crippen molar-refractivity contribution < 1.29 is 37.2 Å². The molecule has 0 radical (unpaired) electrons. The van der Waals surface area contributed by atoms with E-state index in [0.29, 0.717) is 91.8 Å². The predicted molar refractivity (Wildman–Crippen MR) is 232 cm³/mol. The number of nitrogens with zero attached hydrogens (tertiary/aromatic N) is 6. The summed E-state index contributed by atoms with van der Waals surface area (Å²) in [6.45, 7) is 1.32. The van der Waals surface area contributed by atoms with E-state index in [-0.39, 0.29) is 54.4 Å². The van der Waals surface area contributed by atoms with Gasteiger partial charge in [0, 0.05) is 42.3 Å². The Kier molecular flexibility index (Phi) is 15.7. The summed E-state index contributed by atoms with van der Waals surface area (Å²) in [7, 11) is 0. The van der Waals surface area contributed by atoms with E-state index in [9.17, 15) is 33.7 Å². The number of benzene rings is 4. The topological polar surface area (TPSA) is 174 Å². The van der Waals surface area contributed by atoms with Crippen LogP contribution in [0.2, 0.25) is 10.0 Å². The maximum atomic E-state index is 13.2. The Morgan fingerprint density at radius 1 is 0.672 bits per heavy atom. The van der Waals surface area contributed by atoms with E-state index >= 15 is 0 Å². The standard InChI is InChI=1S/2C24H21ClFN3O3/c25-18-3-6-21(20(13-18)22-7-10-28-32-22)31-15-23(30)29-11-8-24(16-27,9-12-29)14-17-1-4-19(26)5-2-17;25-18-3-6-22(20(13-18)21(30)7-10-27)32-15-23(31)29-11-8-24(16-28,9-12-29)14-17-1-4-19(26)5-2-17/h1-7,10,13H,8-9,11-12,14-15H2;1-6,13H,7-9,11-12,14-15H2. The average Bonchev–Trinajstić information content (AvgIpc) is 3.86. The molecule has 0 bridgehead atoms. The summed E-state index contributed by atoms with van der Waals surface area (Å²) >= 11 is 12.0. The molecule has 64 heavy (non-hydrogen) atoms. The summed E-state index contributed by atoms with van der Waals surface area (Å²) in [5.74, 6) is -0.307. The molecule has 7 rings (SSSR count). The van der Waals surface area contributed by atoms with Gasteiger partial charge in [0.05, 0.1) is 52.8 Å². The summed E-state index contributed by atoms with van der Waals surface area (Å²) < 4.78 is 42.9. The van der Waals surface area contributed by atoms with Gasteiger partial charge in [0.25, 0.3) is 11.8 Å². The van der Waals surface area contributed by atoms with Crippen LogP contribution in [0, 0.1) is 56.5 Å². The van der Waals surface area contributed by atoms with Crippen LogP contribution in [0.25, 0.3) is 11.3 Å². The molecule has 3 heterocycles. The van der Waals surface area contributed by atoms with Crippen LogP contribution < -0.4 is 9.47 Å². The number of ether oxygens (including phenoxy) is 2. The minimum absolute atomic E-state index is 0.139. The molecule has 16 heteroatoms. The lowest BCUT2D eigenvalue weighted by Gasteiger charge is -2.37. The molecular weight excluding hydrogens is 865 g/mol. The van der Waals surface area contributed by atoms with Crippen molar-refractivity contribution in [1.82, 2.24) is 15.0 Å². The number of aromatic nitrogens is 1. The third kappa shape index (κ3) is 12.2. The van der Waals surface area contributed by atoms with Crippen molar-refractivity contribution in [1.29, 1.82) is 15.8 Å². The van der Waals surface area contributed by atoms with Crippen LogP contribution in [0.4, 0.5) is 8.78 Å². The van der Waals surface area contributed by atoms with Crippen LogP contribution in [0.3, 0.4) is 0 Å². The lowest BCUT2D eigenvalue weighted by atomic mass is 9.75. The van der Waals surface area contributed by atoms with Crippen molar-refractivity contribution in [3.05, 3.63) is 136 Å². The first-order chi connectivity index (χ1) is 30.8. The molecule has 0 aliphatic carbocycles. The smallest absolute Gasteiger partial charge is 0.260 e. The maximum Gasteiger partial charge on any atom is 0.260 e. The number of hydrogen-bond donors (Lipinski definition) is 0. The van der Waals surface area contributed by atoms with Crippen molar-refractivity contribution in [2.75, 3.05) is 39.4 Å². The summed E-state index contributed by atoms with van der Waals surface area (Å²) in [6, 6.07) is 30.2. The molecule has 2 fully saturated rings. The molecule has 1 aromatic heterocycles. The molecule has 0 unspecified atom stereocenters. The van der Waals surface area contributed by atoms with Gasteiger partial charge in [0.1, 0.15) is 23.1 Å². The Hall–Kier alpha value is -6.79. The Bertz CT molecular complexity index is 2560. The van der Waals surface area contributed by atoms with Gasteiger partial charge in [-0.25, -0.2) is 8.78 Å². The van der Waals surface area contributed by atoms with Crippen molar-refractivity contribution in [2.45, 2.75) is 44.9 Å². The lowest BCUT2D eigenvalue weighted by Crippen LogP contribution is -2.45. The van der Waals surface area contributed by atoms with Crippen LogP contribution >= 0.6 is 23.2 Å². The van der Waals surface area contributed by atoms with E-state index in [1.807, 2.05) is 0 Å². The number of nitriles is 3. The van der Waals surface area contributed by atoms with Crippen molar-refractivity contribution in [2.24, 2.45) is 10.8 Å². The highest BCUT2D eigenvalue weighted by molar-refractivity contribution is 6.31. The van der Waals surface area contributed by atoms with E-state index < -0.39 is 16.6 Å². The fraction of sp³-hybridized carbons (Fsp3) is 0.312. The molecule has 0 saturated carbocycles. The third-order valence-electron chi connectivity index (χ3n) is 11.4. The van der Waals surface area contributed by atoms with E-state index in [2.05, 4.69) is 17.3 Å². The summed E-state index contributed by atoms with van der Waals surface area (Å²) in [4.78, 5) is 40.9. The second-order valence-corrected chi connectivity index (χ2v) is 16.5. The normalized spacial score (nSPS) is 15.0. The average molecular weight is 908 g/mol. The molecule has 328 valence electrons. The highest BCUT2D eigenvalue weighted by Crippen LogP contribution is 2.37. The SMILES string of the molecule is N#CC1(Cc2ccc(F)cc2)CCN(C(=O)COc2ccc(Cl)cc2-c2ccno2)CC1.N#CCC(=O)c1cc(Cl)ccc1OCC(=O)N1CCC(C#N)(Cc2ccc(F)cc2)CC1. The highest BCUT2D eigenvalue weighted by Gasteiger charge is 2.38. The second-order valence-electron chi connectivity index (χ2n) is 15.6. The van der Waals surface area contributed by atoms with Gasteiger partial charge in [-0.1, -0.05) is 52.6 Å². The Balaban J connectivity index is 0.000000213. The number of Topliss-reactive ketones (excluding diaryl/α,β-unsaturated/α-hetero) is 1. The number of hydrogen-bond acceptors (Lipinski definition) is 10. The van der Waals surface area contributed by atoms with Crippen molar-refractivity contribution in [3.8, 4) is 41.0 Å². The zero-order valence-electron chi connectivity index (χ0n) is 34.6. The molecule has 5 aromatic rings. The monoisotopic (exact) mass is 906 g/mol. The number of amides is 2. The molecule has 4 aromatic carbocycles. The van der Waals surface area contributed by atoms with Crippen LogP contribution in [-0.2, 0) is 22.4 Å². The molecule has 12 nitrogen and oxygen atoms in total. The van der Waals surface area contributed by atoms with Gasteiger partial charge >= 0.3 is 0 Å². The number of carbonyl (C=O) groups excluding carboxylic acids is 3. The van der Waals surface area contributed by atoms with Gasteiger partial charge in [-0.05, 0) is 110 Å². The fourth-order valence-corrected chi connectivity index (χ4v) is 8.00. The predicted octanol–water partition coefficient (Wildman–Crippen LogP) is 9.22. The minimum atomic E-state index is -0.609. The molecule has 0 N–H and O–H groups in total. The van der Waals surface area contributed by atoms with E-state index in [0.717, 1.165) is 11.1 Å². The first kappa shape index (κ1) is 46.7. The number of halogens is 4. The maximum absolute atomic E-state index is 13.2. The van der Waals surface area contributed by atoms with Crippen LogP contribution in [0.15, 0.2) is 102 Å². The number of piperidine rings is 2. The Labute approximate surface area is 379 Å². The Morgan fingerprint density at radius 2 is 1.14 bits per heavy atom. The highest BCUT2D eigenvalue weighted by atomic mass is 35.5. The van der Waals surface area contributed by atoms with Crippen molar-refractivity contribution >= 4 is 40.8 Å². The van der Waals surface area contributed by atoms with Gasteiger partial charge < -0.3 is 23.8 Å². The van der Waals surface area contributed by atoms with E-state index in [1.165, 1.54) is 42.6 Å². The minimum Gasteiger partial charge on any atom is -0.483 e. The first-order valence-corrected chi connectivity index (χ1v) is 21.1. The number of rotatable bonds is 13. The number of carbonyl (C=O) groups is 3. The van der Waals surface area contributed by atoms with Gasteiger partial charge in [0.15, 0.2) is 24.8 Å². The fourth-order valence-electron chi connectivity index (χ4n) is 7.66. The van der Waals surface area contributed by atoms with Gasteiger partial charge in [-0.3, -0.25) is 14.4 Å². The molecule has 2 aliphatic rings. The van der Waals surface area contributed by atoms with Gasteiger partial charge in [-0.2, -0.15) is 15.8 Å². The van der Waals surface area contributed by atoms with E-state index in [4.69, 9.17) is 42.5 Å². The summed E-state index contributed by atoms with van der Waals surface area (Å²) in [5, 5.41) is 32.9. The molecule has 0 atom stereocenters. The van der Waals surface area contributed by atoms with E-state index in [1.54, 1.807) is 70.5 Å². The Morgan fingerprint density at radius 3 is 1.59 bits per heavy atom. The molecule has 2 amide bonds. The second kappa shape index (κ2) is 21.5. The first-order valence-electron chi connectivity index (χ1n) is 20.4. The molecular formula is C48H42Cl2F2N6O6. The summed E-state index contributed by atoms with van der Waals surface area (Å²) in [6.07, 6.45) is 4.34. The number of likely N-dealkylation sites (tertiary alicyclic amines) is 2. The lowest BCUT2D eigenvalue weighted by molar-refractivity contribution is -0.136. The largest absolute Gasteiger partial charge is 0.483 e. The van der Waals surface area contributed by atoms with Crippen molar-refractivity contribution in [3.63, 3.8) is 0 Å². The zero-order chi connectivity index (χ0) is 45.7.